The maximum absolute atomic E-state index is 10.1. The lowest BCUT2D eigenvalue weighted by Crippen LogP contribution is -2.51. The van der Waals surface area contributed by atoms with Crippen LogP contribution in [0.1, 0.15) is 59.1 Å². The highest BCUT2D eigenvalue weighted by molar-refractivity contribution is 5.04. The van der Waals surface area contributed by atoms with Gasteiger partial charge in [0.15, 0.2) is 6.61 Å². The molecule has 1 unspecified atom stereocenters. The molecular formula is C16H28NO2+. The monoisotopic (exact) mass is 266 g/mol. The molecule has 3 nitrogen and oxygen atoms in total. The average Bonchev–Trinajstić information content (AvgIpc) is 2.38. The molecule has 0 fully saturated rings. The van der Waals surface area contributed by atoms with E-state index < -0.39 is 5.60 Å². The number of hydrogen-bond acceptors (Lipinski definition) is 2. The summed E-state index contributed by atoms with van der Waals surface area (Å²) in [5, 5.41) is 10.1. The number of hydrogen-bond donors (Lipinski definition) is 1. The van der Waals surface area contributed by atoms with Gasteiger partial charge in [0, 0.05) is 16.9 Å². The second kappa shape index (κ2) is 7.49. The first-order chi connectivity index (χ1) is 8.99. The van der Waals surface area contributed by atoms with Crippen molar-refractivity contribution in [1.82, 2.24) is 0 Å². The van der Waals surface area contributed by atoms with Crippen molar-refractivity contribution in [2.75, 3.05) is 6.61 Å². The van der Waals surface area contributed by atoms with Crippen LogP contribution in [-0.2, 0) is 5.60 Å². The normalized spacial score (nSPS) is 13.3. The van der Waals surface area contributed by atoms with E-state index in [1.807, 2.05) is 24.4 Å². The Kier molecular flexibility index (Phi) is 6.29. The van der Waals surface area contributed by atoms with Crippen molar-refractivity contribution >= 4 is 0 Å². The Hall–Kier alpha value is -1.09. The summed E-state index contributed by atoms with van der Waals surface area (Å²) in [6.45, 7) is 8.67. The molecule has 1 rings (SSSR count). The molecule has 1 heterocycles. The van der Waals surface area contributed by atoms with Crippen molar-refractivity contribution < 1.29 is 14.7 Å². The Balaban J connectivity index is 2.66. The number of unbranched alkanes of at least 4 members (excludes halogenated alkanes) is 1. The standard InChI is InChI=1S/C16H28NO2/c1-5-7-10-14(6-2)13-19-17-12-9-8-11-15(17)16(3,4)18/h8-9,11-12,14,18H,5-7,10,13H2,1-4H3/q+1. The highest BCUT2D eigenvalue weighted by atomic mass is 16.7. The number of aromatic nitrogens is 1. The number of pyridine rings is 1. The summed E-state index contributed by atoms with van der Waals surface area (Å²) in [4.78, 5) is 5.87. The van der Waals surface area contributed by atoms with Gasteiger partial charge in [-0.15, -0.1) is 0 Å². The molecule has 0 spiro atoms. The van der Waals surface area contributed by atoms with E-state index in [1.165, 1.54) is 19.3 Å². The zero-order chi connectivity index (χ0) is 14.3. The van der Waals surface area contributed by atoms with E-state index in [0.29, 0.717) is 12.5 Å². The van der Waals surface area contributed by atoms with Gasteiger partial charge in [-0.05, 0) is 38.7 Å². The van der Waals surface area contributed by atoms with Gasteiger partial charge >= 0.3 is 0 Å². The fourth-order valence-electron chi connectivity index (χ4n) is 2.10. The summed E-state index contributed by atoms with van der Waals surface area (Å²) in [6.07, 6.45) is 6.67. The molecule has 0 aliphatic carbocycles. The predicted molar refractivity (Wildman–Crippen MR) is 76.6 cm³/mol. The molecule has 0 amide bonds. The van der Waals surface area contributed by atoms with Crippen LogP contribution in [0.3, 0.4) is 0 Å². The fraction of sp³-hybridized carbons (Fsp3) is 0.688. The van der Waals surface area contributed by atoms with Gasteiger partial charge in [0.25, 0.3) is 5.69 Å². The van der Waals surface area contributed by atoms with Crippen LogP contribution >= 0.6 is 0 Å². The minimum atomic E-state index is -0.896. The molecule has 0 bridgehead atoms. The Morgan fingerprint density at radius 3 is 2.63 bits per heavy atom. The maximum Gasteiger partial charge on any atom is 0.265 e. The lowest BCUT2D eigenvalue weighted by atomic mass is 10.0. The molecule has 0 aromatic carbocycles. The third-order valence-corrected chi connectivity index (χ3v) is 3.44. The highest BCUT2D eigenvalue weighted by Crippen LogP contribution is 2.15. The summed E-state index contributed by atoms with van der Waals surface area (Å²) in [5.41, 5.74) is -0.118. The first-order valence-corrected chi connectivity index (χ1v) is 7.35. The van der Waals surface area contributed by atoms with Crippen molar-refractivity contribution in [3.05, 3.63) is 30.1 Å². The smallest absolute Gasteiger partial charge is 0.265 e. The first kappa shape index (κ1) is 16.0. The van der Waals surface area contributed by atoms with Crippen LogP contribution in [0.2, 0.25) is 0 Å². The maximum atomic E-state index is 10.1. The first-order valence-electron chi connectivity index (χ1n) is 7.35. The Morgan fingerprint density at radius 2 is 2.05 bits per heavy atom. The second-order valence-electron chi connectivity index (χ2n) is 5.68. The largest absolute Gasteiger partial charge is 0.379 e. The minimum Gasteiger partial charge on any atom is -0.379 e. The highest BCUT2D eigenvalue weighted by Gasteiger charge is 2.29. The van der Waals surface area contributed by atoms with Crippen LogP contribution in [0.15, 0.2) is 24.4 Å². The molecule has 0 aliphatic heterocycles. The number of aliphatic hydroxyl groups is 1. The van der Waals surface area contributed by atoms with E-state index in [-0.39, 0.29) is 0 Å². The summed E-state index contributed by atoms with van der Waals surface area (Å²) >= 11 is 0. The third kappa shape index (κ3) is 5.19. The molecule has 19 heavy (non-hydrogen) atoms. The van der Waals surface area contributed by atoms with Crippen LogP contribution in [0, 0.1) is 5.92 Å². The SMILES string of the molecule is CCCCC(CC)CO[n+]1ccccc1C(C)(C)O. The van der Waals surface area contributed by atoms with Crippen molar-refractivity contribution in [3.8, 4) is 0 Å². The van der Waals surface area contributed by atoms with E-state index in [1.54, 1.807) is 18.6 Å². The lowest BCUT2D eigenvalue weighted by Gasteiger charge is -2.16. The molecule has 1 aromatic heterocycles. The Labute approximate surface area is 117 Å². The van der Waals surface area contributed by atoms with E-state index in [4.69, 9.17) is 4.84 Å². The topological polar surface area (TPSA) is 33.3 Å². The van der Waals surface area contributed by atoms with Gasteiger partial charge in [0.1, 0.15) is 5.60 Å². The van der Waals surface area contributed by atoms with Gasteiger partial charge in [-0.2, -0.15) is 0 Å². The van der Waals surface area contributed by atoms with Crippen LogP contribution in [-0.4, -0.2) is 11.7 Å². The predicted octanol–water partition coefficient (Wildman–Crippen LogP) is 2.85. The molecule has 1 aromatic rings. The molecule has 0 saturated heterocycles. The van der Waals surface area contributed by atoms with Gasteiger partial charge in [-0.25, -0.2) is 0 Å². The molecule has 0 saturated carbocycles. The third-order valence-electron chi connectivity index (χ3n) is 3.44. The molecule has 108 valence electrons. The summed E-state index contributed by atoms with van der Waals surface area (Å²) in [6, 6.07) is 5.73. The summed E-state index contributed by atoms with van der Waals surface area (Å²) in [5.74, 6) is 0.585. The van der Waals surface area contributed by atoms with E-state index in [2.05, 4.69) is 13.8 Å². The molecule has 3 heteroatoms. The minimum absolute atomic E-state index is 0.585. The van der Waals surface area contributed by atoms with E-state index >= 15 is 0 Å². The molecular weight excluding hydrogens is 238 g/mol. The van der Waals surface area contributed by atoms with Crippen LogP contribution in [0.5, 0.6) is 0 Å². The van der Waals surface area contributed by atoms with Gasteiger partial charge in [0.2, 0.25) is 6.20 Å². The number of rotatable bonds is 8. The van der Waals surface area contributed by atoms with Gasteiger partial charge in [-0.3, -0.25) is 4.84 Å². The zero-order valence-corrected chi connectivity index (χ0v) is 12.7. The van der Waals surface area contributed by atoms with Crippen molar-refractivity contribution in [3.63, 3.8) is 0 Å². The van der Waals surface area contributed by atoms with Gasteiger partial charge in [-0.1, -0.05) is 26.7 Å². The molecule has 0 aliphatic rings. The average molecular weight is 266 g/mol. The summed E-state index contributed by atoms with van der Waals surface area (Å²) < 4.78 is 1.70. The van der Waals surface area contributed by atoms with Crippen molar-refractivity contribution in [1.29, 1.82) is 0 Å². The Morgan fingerprint density at radius 1 is 1.32 bits per heavy atom. The fourth-order valence-corrected chi connectivity index (χ4v) is 2.10. The lowest BCUT2D eigenvalue weighted by molar-refractivity contribution is -0.900. The van der Waals surface area contributed by atoms with Crippen LogP contribution < -0.4 is 9.57 Å². The van der Waals surface area contributed by atoms with Crippen LogP contribution in [0.25, 0.3) is 0 Å². The molecule has 1 N–H and O–H groups in total. The second-order valence-corrected chi connectivity index (χ2v) is 5.68. The van der Waals surface area contributed by atoms with Crippen molar-refractivity contribution in [2.45, 2.75) is 59.0 Å². The zero-order valence-electron chi connectivity index (χ0n) is 12.7. The molecule has 0 radical (unpaired) electrons. The Bertz CT molecular complexity index is 371. The van der Waals surface area contributed by atoms with Gasteiger partial charge in [0.05, 0.1) is 0 Å². The van der Waals surface area contributed by atoms with Crippen molar-refractivity contribution in [2.24, 2.45) is 5.92 Å². The van der Waals surface area contributed by atoms with E-state index in [0.717, 1.165) is 12.1 Å². The van der Waals surface area contributed by atoms with Crippen LogP contribution in [0.4, 0.5) is 0 Å². The summed E-state index contributed by atoms with van der Waals surface area (Å²) in [7, 11) is 0. The quantitative estimate of drug-likeness (QED) is 0.734. The van der Waals surface area contributed by atoms with E-state index in [9.17, 15) is 5.11 Å². The molecule has 1 atom stereocenters. The number of nitrogens with zero attached hydrogens (tertiary/aromatic N) is 1. The van der Waals surface area contributed by atoms with Gasteiger partial charge < -0.3 is 5.11 Å².